The number of nitrogens with zero attached hydrogens (tertiary/aromatic N) is 3. The molecular formula is C12H20N6O3. The lowest BCUT2D eigenvalue weighted by Gasteiger charge is -2.12. The summed E-state index contributed by atoms with van der Waals surface area (Å²) in [6, 6.07) is 0. The van der Waals surface area contributed by atoms with Gasteiger partial charge >= 0.3 is 0 Å². The van der Waals surface area contributed by atoms with Crippen molar-refractivity contribution in [1.29, 1.82) is 0 Å². The Hall–Kier alpha value is -2.29. The van der Waals surface area contributed by atoms with E-state index in [0.29, 0.717) is 6.42 Å². The Labute approximate surface area is 122 Å². The van der Waals surface area contributed by atoms with Gasteiger partial charge in [-0.2, -0.15) is 15.0 Å². The average Bonchev–Trinajstić information content (AvgIpc) is 2.46. The second-order valence-corrected chi connectivity index (χ2v) is 4.18. The number of aromatic nitrogens is 3. The van der Waals surface area contributed by atoms with Crippen molar-refractivity contribution in [3.8, 4) is 0 Å². The summed E-state index contributed by atoms with van der Waals surface area (Å²) in [6.07, 6.45) is 0.140. The molecule has 9 heteroatoms. The summed E-state index contributed by atoms with van der Waals surface area (Å²) in [7, 11) is 0. The topological polar surface area (TPSA) is 129 Å². The minimum absolute atomic E-state index is 0.00839. The van der Waals surface area contributed by atoms with Gasteiger partial charge in [0.05, 0.1) is 0 Å². The van der Waals surface area contributed by atoms with E-state index in [1.807, 2.05) is 0 Å². The molecule has 1 aromatic heterocycles. The van der Waals surface area contributed by atoms with Crippen LogP contribution in [0.2, 0.25) is 0 Å². The summed E-state index contributed by atoms with van der Waals surface area (Å²) < 4.78 is 0. The zero-order valence-electron chi connectivity index (χ0n) is 12.3. The van der Waals surface area contributed by atoms with Crippen molar-refractivity contribution < 1.29 is 14.7 Å². The molecule has 0 aliphatic carbocycles. The zero-order valence-corrected chi connectivity index (χ0v) is 12.3. The van der Waals surface area contributed by atoms with Crippen molar-refractivity contribution >= 4 is 29.7 Å². The molecule has 0 aliphatic heterocycles. The van der Waals surface area contributed by atoms with Crippen molar-refractivity contribution in [2.45, 2.75) is 46.3 Å². The van der Waals surface area contributed by atoms with E-state index in [9.17, 15) is 14.7 Å². The third-order valence-electron chi connectivity index (χ3n) is 2.46. The highest BCUT2D eigenvalue weighted by atomic mass is 16.3. The number of anilines is 3. The molecule has 0 saturated heterocycles. The molecule has 0 spiro atoms. The van der Waals surface area contributed by atoms with Crippen LogP contribution in [0.1, 0.15) is 40.0 Å². The van der Waals surface area contributed by atoms with Gasteiger partial charge < -0.3 is 10.4 Å². The molecule has 0 aliphatic rings. The summed E-state index contributed by atoms with van der Waals surface area (Å²) in [5.74, 6) is -0.452. The maximum absolute atomic E-state index is 11.4. The van der Waals surface area contributed by atoms with Crippen LogP contribution in [0.4, 0.5) is 17.8 Å². The molecule has 116 valence electrons. The number of aliphatic hydroxyl groups is 1. The first-order valence-corrected chi connectivity index (χ1v) is 6.78. The zero-order chi connectivity index (χ0) is 15.8. The van der Waals surface area contributed by atoms with Gasteiger partial charge in [0.1, 0.15) is 6.23 Å². The SMILES string of the molecule is CCC(=O)Nc1nc(NC(=O)CC)nc(NC(O)CC)n1. The third kappa shape index (κ3) is 5.69. The molecule has 1 atom stereocenters. The van der Waals surface area contributed by atoms with Crippen LogP contribution in [-0.2, 0) is 9.59 Å². The molecule has 1 unspecified atom stereocenters. The van der Waals surface area contributed by atoms with E-state index in [4.69, 9.17) is 0 Å². The molecule has 1 heterocycles. The number of hydrogen-bond acceptors (Lipinski definition) is 7. The maximum atomic E-state index is 11.4. The van der Waals surface area contributed by atoms with Crippen molar-refractivity contribution in [1.82, 2.24) is 15.0 Å². The van der Waals surface area contributed by atoms with Crippen LogP contribution in [0.5, 0.6) is 0 Å². The van der Waals surface area contributed by atoms with Crippen molar-refractivity contribution in [3.05, 3.63) is 0 Å². The Morgan fingerprint density at radius 3 is 1.76 bits per heavy atom. The molecule has 9 nitrogen and oxygen atoms in total. The lowest BCUT2D eigenvalue weighted by Crippen LogP contribution is -2.22. The van der Waals surface area contributed by atoms with Gasteiger partial charge in [0, 0.05) is 12.8 Å². The third-order valence-corrected chi connectivity index (χ3v) is 2.46. The van der Waals surface area contributed by atoms with Gasteiger partial charge in [0.25, 0.3) is 0 Å². The molecule has 0 aromatic carbocycles. The van der Waals surface area contributed by atoms with E-state index in [-0.39, 0.29) is 42.5 Å². The minimum atomic E-state index is -0.836. The minimum Gasteiger partial charge on any atom is -0.374 e. The van der Waals surface area contributed by atoms with Crippen LogP contribution < -0.4 is 16.0 Å². The van der Waals surface area contributed by atoms with E-state index in [1.165, 1.54) is 0 Å². The Morgan fingerprint density at radius 2 is 1.38 bits per heavy atom. The molecule has 0 bridgehead atoms. The molecule has 0 saturated carbocycles. The molecule has 21 heavy (non-hydrogen) atoms. The highest BCUT2D eigenvalue weighted by Gasteiger charge is 2.12. The van der Waals surface area contributed by atoms with Crippen LogP contribution >= 0.6 is 0 Å². The van der Waals surface area contributed by atoms with Gasteiger partial charge in [-0.05, 0) is 6.42 Å². The first kappa shape index (κ1) is 16.8. The molecule has 2 amide bonds. The number of carbonyl (C=O) groups is 2. The van der Waals surface area contributed by atoms with Crippen molar-refractivity contribution in [2.75, 3.05) is 16.0 Å². The van der Waals surface area contributed by atoms with Crippen LogP contribution in [0.3, 0.4) is 0 Å². The smallest absolute Gasteiger partial charge is 0.236 e. The molecule has 4 N–H and O–H groups in total. The van der Waals surface area contributed by atoms with E-state index in [1.54, 1.807) is 20.8 Å². The van der Waals surface area contributed by atoms with Crippen LogP contribution in [0.15, 0.2) is 0 Å². The lowest BCUT2D eigenvalue weighted by molar-refractivity contribution is -0.116. The molecule has 1 rings (SSSR count). The average molecular weight is 296 g/mol. The van der Waals surface area contributed by atoms with Crippen LogP contribution in [0, 0.1) is 0 Å². The summed E-state index contributed by atoms with van der Waals surface area (Å²) in [5.41, 5.74) is 0. The fourth-order valence-electron chi connectivity index (χ4n) is 1.23. The summed E-state index contributed by atoms with van der Waals surface area (Å²) >= 11 is 0. The van der Waals surface area contributed by atoms with Gasteiger partial charge in [-0.15, -0.1) is 0 Å². The second-order valence-electron chi connectivity index (χ2n) is 4.18. The first-order valence-electron chi connectivity index (χ1n) is 6.78. The fraction of sp³-hybridized carbons (Fsp3) is 0.583. The van der Waals surface area contributed by atoms with Gasteiger partial charge in [0.15, 0.2) is 0 Å². The maximum Gasteiger partial charge on any atom is 0.236 e. The van der Waals surface area contributed by atoms with Gasteiger partial charge in [-0.25, -0.2) is 0 Å². The summed E-state index contributed by atoms with van der Waals surface area (Å²) in [4.78, 5) is 34.7. The molecule has 0 radical (unpaired) electrons. The highest BCUT2D eigenvalue weighted by Crippen LogP contribution is 2.11. The van der Waals surface area contributed by atoms with E-state index >= 15 is 0 Å². The van der Waals surface area contributed by atoms with Gasteiger partial charge in [-0.1, -0.05) is 20.8 Å². The van der Waals surface area contributed by atoms with Crippen LogP contribution in [0.25, 0.3) is 0 Å². The molecular weight excluding hydrogens is 276 g/mol. The summed E-state index contributed by atoms with van der Waals surface area (Å²) in [5, 5.41) is 17.2. The van der Waals surface area contributed by atoms with E-state index < -0.39 is 6.23 Å². The van der Waals surface area contributed by atoms with Crippen LogP contribution in [-0.4, -0.2) is 38.1 Å². The molecule has 0 fully saturated rings. The Morgan fingerprint density at radius 1 is 0.952 bits per heavy atom. The largest absolute Gasteiger partial charge is 0.374 e. The normalized spacial score (nSPS) is 11.6. The van der Waals surface area contributed by atoms with Gasteiger partial charge in [0.2, 0.25) is 29.7 Å². The predicted octanol–water partition coefficient (Wildman–Crippen LogP) is 0.709. The number of nitrogens with one attached hydrogen (secondary N) is 3. The standard InChI is InChI=1S/C12H20N6O3/c1-4-7(19)13-10-16-11(14-8(20)5-2)18-12(17-10)15-9(21)6-3/h7,19H,4-6H2,1-3H3,(H3,13,14,15,16,17,18,20,21). The van der Waals surface area contributed by atoms with Crippen molar-refractivity contribution in [2.24, 2.45) is 0 Å². The number of hydrogen-bond donors (Lipinski definition) is 4. The highest BCUT2D eigenvalue weighted by molar-refractivity contribution is 5.90. The van der Waals surface area contributed by atoms with Gasteiger partial charge in [-0.3, -0.25) is 20.2 Å². The number of rotatable bonds is 7. The van der Waals surface area contributed by atoms with E-state index in [2.05, 4.69) is 30.9 Å². The Bertz CT molecular complexity index is 472. The fourth-order valence-corrected chi connectivity index (χ4v) is 1.23. The monoisotopic (exact) mass is 296 g/mol. The number of carbonyl (C=O) groups excluding carboxylic acids is 2. The summed E-state index contributed by atoms with van der Waals surface area (Å²) in [6.45, 7) is 5.16. The number of aliphatic hydroxyl groups excluding tert-OH is 1. The Balaban J connectivity index is 3.00. The second kappa shape index (κ2) is 8.10. The first-order chi connectivity index (χ1) is 9.98. The Kier molecular flexibility index (Phi) is 6.47. The lowest BCUT2D eigenvalue weighted by atomic mass is 10.4. The quantitative estimate of drug-likeness (QED) is 0.545. The molecule has 1 aromatic rings. The van der Waals surface area contributed by atoms with Crippen molar-refractivity contribution in [3.63, 3.8) is 0 Å². The van der Waals surface area contributed by atoms with E-state index in [0.717, 1.165) is 0 Å². The predicted molar refractivity (Wildman–Crippen MR) is 77.6 cm³/mol. The number of amides is 2.